The highest BCUT2D eigenvalue weighted by Crippen LogP contribution is 2.02. The van der Waals surface area contributed by atoms with Crippen molar-refractivity contribution in [3.05, 3.63) is 72.1 Å². The van der Waals surface area contributed by atoms with Gasteiger partial charge in [0.1, 0.15) is 0 Å². The van der Waals surface area contributed by atoms with Crippen molar-refractivity contribution in [2.24, 2.45) is 0 Å². The molecule has 0 unspecified atom stereocenters. The third-order valence-electron chi connectivity index (χ3n) is 3.42. The van der Waals surface area contributed by atoms with E-state index in [1.807, 2.05) is 18.2 Å². The van der Waals surface area contributed by atoms with Gasteiger partial charge in [-0.25, -0.2) is 0 Å². The minimum absolute atomic E-state index is 0.0698. The van der Waals surface area contributed by atoms with Crippen LogP contribution in [0.4, 0.5) is 0 Å². The van der Waals surface area contributed by atoms with Crippen LogP contribution in [0.25, 0.3) is 6.08 Å². The molecule has 1 aromatic heterocycles. The van der Waals surface area contributed by atoms with Gasteiger partial charge in [-0.1, -0.05) is 36.4 Å². The summed E-state index contributed by atoms with van der Waals surface area (Å²) in [7, 11) is 2.09. The van der Waals surface area contributed by atoms with Gasteiger partial charge in [0.15, 0.2) is 0 Å². The van der Waals surface area contributed by atoms with Crippen molar-refractivity contribution in [2.45, 2.75) is 13.0 Å². The topological polar surface area (TPSA) is 45.2 Å². The number of amides is 1. The van der Waals surface area contributed by atoms with Gasteiger partial charge in [0.25, 0.3) is 0 Å². The molecule has 1 heterocycles. The Labute approximate surface area is 137 Å². The van der Waals surface area contributed by atoms with Gasteiger partial charge in [0.05, 0.1) is 0 Å². The highest BCUT2D eigenvalue weighted by molar-refractivity contribution is 5.91. The summed E-state index contributed by atoms with van der Waals surface area (Å²) in [5, 5.41) is 2.90. The molecule has 0 aliphatic rings. The van der Waals surface area contributed by atoms with E-state index in [0.717, 1.165) is 25.1 Å². The van der Waals surface area contributed by atoms with E-state index in [1.165, 1.54) is 5.56 Å². The van der Waals surface area contributed by atoms with E-state index < -0.39 is 0 Å². The van der Waals surface area contributed by atoms with E-state index >= 15 is 0 Å². The highest BCUT2D eigenvalue weighted by Gasteiger charge is 2.00. The van der Waals surface area contributed by atoms with Crippen molar-refractivity contribution in [1.82, 2.24) is 15.2 Å². The van der Waals surface area contributed by atoms with E-state index in [4.69, 9.17) is 0 Å². The quantitative estimate of drug-likeness (QED) is 0.602. The average molecular weight is 309 g/mol. The predicted octanol–water partition coefficient (Wildman–Crippen LogP) is 2.73. The summed E-state index contributed by atoms with van der Waals surface area (Å²) in [4.78, 5) is 18.0. The van der Waals surface area contributed by atoms with Gasteiger partial charge >= 0.3 is 0 Å². The van der Waals surface area contributed by atoms with Crippen LogP contribution >= 0.6 is 0 Å². The average Bonchev–Trinajstić information content (AvgIpc) is 2.59. The first kappa shape index (κ1) is 16.9. The third kappa shape index (κ3) is 6.89. The Balaban J connectivity index is 1.61. The molecule has 4 nitrogen and oxygen atoms in total. The number of carbonyl (C=O) groups excluding carboxylic acids is 1. The summed E-state index contributed by atoms with van der Waals surface area (Å²) in [5.41, 5.74) is 2.23. The number of hydrogen-bond acceptors (Lipinski definition) is 3. The molecule has 0 spiro atoms. The molecule has 1 amide bonds. The standard InChI is InChI=1S/C19H23N3O/c1-22(16-18-7-3-2-4-8-18)14-6-13-21-19(23)11-10-17-9-5-12-20-15-17/h2-5,7-12,15H,6,13-14,16H2,1H3,(H,21,23)/b11-10+. The Morgan fingerprint density at radius 1 is 1.22 bits per heavy atom. The van der Waals surface area contributed by atoms with Crippen LogP contribution in [0.2, 0.25) is 0 Å². The van der Waals surface area contributed by atoms with Crippen molar-refractivity contribution in [3.63, 3.8) is 0 Å². The van der Waals surface area contributed by atoms with Crippen LogP contribution in [0.3, 0.4) is 0 Å². The maximum Gasteiger partial charge on any atom is 0.244 e. The van der Waals surface area contributed by atoms with Gasteiger partial charge in [-0.2, -0.15) is 0 Å². The lowest BCUT2D eigenvalue weighted by Gasteiger charge is -2.16. The number of benzene rings is 1. The molecule has 1 N–H and O–H groups in total. The fourth-order valence-electron chi connectivity index (χ4n) is 2.24. The van der Waals surface area contributed by atoms with Gasteiger partial charge in [-0.3, -0.25) is 9.78 Å². The van der Waals surface area contributed by atoms with Gasteiger partial charge in [0.2, 0.25) is 5.91 Å². The zero-order valence-electron chi connectivity index (χ0n) is 13.5. The van der Waals surface area contributed by atoms with E-state index in [2.05, 4.69) is 46.5 Å². The maximum atomic E-state index is 11.7. The summed E-state index contributed by atoms with van der Waals surface area (Å²) in [6, 6.07) is 14.1. The minimum atomic E-state index is -0.0698. The molecule has 0 bridgehead atoms. The van der Waals surface area contributed by atoms with E-state index in [1.54, 1.807) is 24.5 Å². The molecule has 120 valence electrons. The Morgan fingerprint density at radius 2 is 2.04 bits per heavy atom. The van der Waals surface area contributed by atoms with Gasteiger partial charge in [-0.15, -0.1) is 0 Å². The number of rotatable bonds is 8. The lowest BCUT2D eigenvalue weighted by Crippen LogP contribution is -2.26. The normalized spacial score (nSPS) is 11.0. The summed E-state index contributed by atoms with van der Waals surface area (Å²) in [6.07, 6.45) is 7.68. The molecule has 1 aromatic carbocycles. The molecule has 23 heavy (non-hydrogen) atoms. The fourth-order valence-corrected chi connectivity index (χ4v) is 2.24. The highest BCUT2D eigenvalue weighted by atomic mass is 16.1. The van der Waals surface area contributed by atoms with Gasteiger partial charge in [0, 0.05) is 31.6 Å². The van der Waals surface area contributed by atoms with Crippen LogP contribution in [-0.4, -0.2) is 35.9 Å². The van der Waals surface area contributed by atoms with Crippen molar-refractivity contribution < 1.29 is 4.79 Å². The maximum absolute atomic E-state index is 11.7. The number of aromatic nitrogens is 1. The Hall–Kier alpha value is -2.46. The first-order valence-electron chi connectivity index (χ1n) is 7.82. The monoisotopic (exact) mass is 309 g/mol. The zero-order chi connectivity index (χ0) is 16.3. The van der Waals surface area contributed by atoms with Crippen LogP contribution in [0.15, 0.2) is 60.9 Å². The smallest absolute Gasteiger partial charge is 0.244 e. The second-order valence-electron chi connectivity index (χ2n) is 5.49. The number of nitrogens with zero attached hydrogens (tertiary/aromatic N) is 2. The van der Waals surface area contributed by atoms with Gasteiger partial charge in [-0.05, 0) is 43.3 Å². The lowest BCUT2D eigenvalue weighted by atomic mass is 10.2. The SMILES string of the molecule is CN(CCCNC(=O)/C=C/c1cccnc1)Cc1ccccc1. The molecule has 0 aliphatic carbocycles. The second kappa shape index (κ2) is 9.54. The Morgan fingerprint density at radius 3 is 2.78 bits per heavy atom. The van der Waals surface area contributed by atoms with Crippen molar-refractivity contribution >= 4 is 12.0 Å². The molecule has 0 saturated heterocycles. The molecule has 0 fully saturated rings. The summed E-state index contributed by atoms with van der Waals surface area (Å²) >= 11 is 0. The first-order valence-corrected chi connectivity index (χ1v) is 7.82. The molecular weight excluding hydrogens is 286 g/mol. The molecule has 0 atom stereocenters. The van der Waals surface area contributed by atoms with Crippen molar-refractivity contribution in [2.75, 3.05) is 20.1 Å². The zero-order valence-corrected chi connectivity index (χ0v) is 13.5. The van der Waals surface area contributed by atoms with Crippen molar-refractivity contribution in [3.8, 4) is 0 Å². The second-order valence-corrected chi connectivity index (χ2v) is 5.49. The summed E-state index contributed by atoms with van der Waals surface area (Å²) in [5.74, 6) is -0.0698. The van der Waals surface area contributed by atoms with Crippen molar-refractivity contribution in [1.29, 1.82) is 0 Å². The van der Waals surface area contributed by atoms with Gasteiger partial charge < -0.3 is 10.2 Å². The number of carbonyl (C=O) groups is 1. The first-order chi connectivity index (χ1) is 11.2. The Bertz CT molecular complexity index is 611. The summed E-state index contributed by atoms with van der Waals surface area (Å²) < 4.78 is 0. The van der Waals surface area contributed by atoms with E-state index in [9.17, 15) is 4.79 Å². The fraction of sp³-hybridized carbons (Fsp3) is 0.263. The lowest BCUT2D eigenvalue weighted by molar-refractivity contribution is -0.116. The predicted molar refractivity (Wildman–Crippen MR) is 93.7 cm³/mol. The summed E-state index contributed by atoms with van der Waals surface area (Å²) in [6.45, 7) is 2.55. The largest absolute Gasteiger partial charge is 0.353 e. The molecule has 2 aromatic rings. The van der Waals surface area contributed by atoms with E-state index in [0.29, 0.717) is 6.54 Å². The molecule has 4 heteroatoms. The van der Waals surface area contributed by atoms with Crippen LogP contribution in [0.5, 0.6) is 0 Å². The molecule has 0 saturated carbocycles. The molecule has 2 rings (SSSR count). The van der Waals surface area contributed by atoms with Crippen LogP contribution in [0.1, 0.15) is 17.5 Å². The number of pyridine rings is 1. The Kier molecular flexibility index (Phi) is 7.01. The minimum Gasteiger partial charge on any atom is -0.353 e. The van der Waals surface area contributed by atoms with Crippen LogP contribution in [0, 0.1) is 0 Å². The molecule has 0 radical (unpaired) electrons. The van der Waals surface area contributed by atoms with Crippen LogP contribution in [-0.2, 0) is 11.3 Å². The number of hydrogen-bond donors (Lipinski definition) is 1. The molecule has 0 aliphatic heterocycles. The van der Waals surface area contributed by atoms with Crippen LogP contribution < -0.4 is 5.32 Å². The third-order valence-corrected chi connectivity index (χ3v) is 3.42. The van der Waals surface area contributed by atoms with E-state index in [-0.39, 0.29) is 5.91 Å². The number of nitrogens with one attached hydrogen (secondary N) is 1. The molecular formula is C19H23N3O.